The SMILES string of the molecule is CCn1c2ccc(CN(C)C(=O)OC(C)(C)C)cc2c2ccc(-c3cc(Br)cs3)cc21. The summed E-state index contributed by atoms with van der Waals surface area (Å²) < 4.78 is 8.96. The van der Waals surface area contributed by atoms with Crippen molar-refractivity contribution in [3.8, 4) is 10.4 Å². The Bertz CT molecular complexity index is 1270. The van der Waals surface area contributed by atoms with Gasteiger partial charge in [0, 0.05) is 56.7 Å². The molecule has 162 valence electrons. The van der Waals surface area contributed by atoms with Crippen LogP contribution in [0.4, 0.5) is 4.79 Å². The van der Waals surface area contributed by atoms with Crippen LogP contribution in [0.1, 0.15) is 33.3 Å². The standard InChI is InChI=1S/C25H27BrN2O2S/c1-6-28-21-10-7-16(14-27(5)24(29)30-25(2,3)4)11-20(21)19-9-8-17(12-22(19)28)23-13-18(26)15-31-23/h7-13,15H,6,14H2,1-5H3. The van der Waals surface area contributed by atoms with Crippen LogP contribution in [0.3, 0.4) is 0 Å². The van der Waals surface area contributed by atoms with Gasteiger partial charge >= 0.3 is 6.09 Å². The molecule has 0 aliphatic heterocycles. The summed E-state index contributed by atoms with van der Waals surface area (Å²) in [6, 6.07) is 15.3. The summed E-state index contributed by atoms with van der Waals surface area (Å²) in [7, 11) is 1.78. The normalized spacial score (nSPS) is 11.9. The van der Waals surface area contributed by atoms with Gasteiger partial charge in [-0.1, -0.05) is 18.2 Å². The molecule has 0 fully saturated rings. The molecule has 0 aliphatic carbocycles. The Labute approximate surface area is 195 Å². The summed E-state index contributed by atoms with van der Waals surface area (Å²) in [5.41, 5.74) is 4.26. The Kier molecular flexibility index (Phi) is 5.88. The Morgan fingerprint density at radius 3 is 2.52 bits per heavy atom. The van der Waals surface area contributed by atoms with E-state index in [1.807, 2.05) is 20.8 Å². The molecule has 2 aromatic carbocycles. The maximum atomic E-state index is 12.4. The minimum Gasteiger partial charge on any atom is -0.444 e. The van der Waals surface area contributed by atoms with Crippen LogP contribution in [-0.2, 0) is 17.8 Å². The van der Waals surface area contributed by atoms with Crippen molar-refractivity contribution in [1.29, 1.82) is 0 Å². The Balaban J connectivity index is 1.72. The number of benzene rings is 2. The molecule has 0 atom stereocenters. The van der Waals surface area contributed by atoms with Crippen LogP contribution in [0.25, 0.3) is 32.2 Å². The van der Waals surface area contributed by atoms with Crippen LogP contribution in [-0.4, -0.2) is 28.2 Å². The first-order valence-electron chi connectivity index (χ1n) is 10.4. The van der Waals surface area contributed by atoms with Gasteiger partial charge in [0.2, 0.25) is 0 Å². The fourth-order valence-corrected chi connectivity index (χ4v) is 5.31. The van der Waals surface area contributed by atoms with Gasteiger partial charge in [0.05, 0.1) is 0 Å². The summed E-state index contributed by atoms with van der Waals surface area (Å²) in [4.78, 5) is 15.2. The van der Waals surface area contributed by atoms with Gasteiger partial charge in [-0.15, -0.1) is 11.3 Å². The molecule has 1 amide bonds. The number of ether oxygens (including phenoxy) is 1. The Morgan fingerprint density at radius 2 is 1.87 bits per heavy atom. The molecule has 31 heavy (non-hydrogen) atoms. The highest BCUT2D eigenvalue weighted by molar-refractivity contribution is 9.10. The molecule has 0 saturated heterocycles. The Morgan fingerprint density at radius 1 is 1.10 bits per heavy atom. The minimum atomic E-state index is -0.500. The number of aromatic nitrogens is 1. The van der Waals surface area contributed by atoms with Crippen LogP contribution in [0.2, 0.25) is 0 Å². The lowest BCUT2D eigenvalue weighted by Gasteiger charge is -2.24. The first-order valence-corrected chi connectivity index (χ1v) is 12.1. The molecule has 6 heteroatoms. The van der Waals surface area contributed by atoms with E-state index in [1.54, 1.807) is 23.3 Å². The maximum Gasteiger partial charge on any atom is 0.410 e. The van der Waals surface area contributed by atoms with Crippen molar-refractivity contribution < 1.29 is 9.53 Å². The number of rotatable bonds is 4. The second-order valence-corrected chi connectivity index (χ2v) is 10.6. The summed E-state index contributed by atoms with van der Waals surface area (Å²) in [5.74, 6) is 0. The van der Waals surface area contributed by atoms with Crippen molar-refractivity contribution in [2.45, 2.75) is 46.4 Å². The zero-order chi connectivity index (χ0) is 22.3. The van der Waals surface area contributed by atoms with Crippen molar-refractivity contribution in [2.24, 2.45) is 0 Å². The average molecular weight is 499 g/mol. The second kappa shape index (κ2) is 8.32. The van der Waals surface area contributed by atoms with Crippen molar-refractivity contribution >= 4 is 55.2 Å². The predicted octanol–water partition coefficient (Wildman–Crippen LogP) is 7.67. The smallest absolute Gasteiger partial charge is 0.410 e. The Hall–Kier alpha value is -2.31. The molecule has 0 radical (unpaired) electrons. The van der Waals surface area contributed by atoms with Gasteiger partial charge in [-0.3, -0.25) is 0 Å². The van der Waals surface area contributed by atoms with Crippen LogP contribution < -0.4 is 0 Å². The zero-order valence-electron chi connectivity index (χ0n) is 18.5. The molecule has 2 aromatic heterocycles. The van der Waals surface area contributed by atoms with Gasteiger partial charge in [-0.25, -0.2) is 4.79 Å². The highest BCUT2D eigenvalue weighted by Crippen LogP contribution is 2.36. The van der Waals surface area contributed by atoms with E-state index in [2.05, 4.69) is 75.3 Å². The number of halogens is 1. The van der Waals surface area contributed by atoms with Gasteiger partial charge in [0.15, 0.2) is 0 Å². The van der Waals surface area contributed by atoms with Crippen LogP contribution in [0, 0.1) is 0 Å². The quantitative estimate of drug-likeness (QED) is 0.289. The number of carbonyl (C=O) groups excluding carboxylic acids is 1. The van der Waals surface area contributed by atoms with Crippen LogP contribution in [0.15, 0.2) is 52.3 Å². The van der Waals surface area contributed by atoms with E-state index in [0.29, 0.717) is 6.54 Å². The molecule has 4 rings (SSSR count). The summed E-state index contributed by atoms with van der Waals surface area (Å²) in [6.07, 6.45) is -0.310. The number of fused-ring (bicyclic) bond motifs is 3. The topological polar surface area (TPSA) is 34.5 Å². The van der Waals surface area contributed by atoms with Gasteiger partial charge in [-0.05, 0) is 79.0 Å². The molecule has 0 unspecified atom stereocenters. The third-order valence-corrected chi connectivity index (χ3v) is 6.96. The van der Waals surface area contributed by atoms with E-state index in [0.717, 1.165) is 16.6 Å². The molecule has 0 spiro atoms. The number of carbonyl (C=O) groups is 1. The number of hydrogen-bond donors (Lipinski definition) is 0. The van der Waals surface area contributed by atoms with Crippen LogP contribution in [0.5, 0.6) is 0 Å². The molecular weight excluding hydrogens is 472 g/mol. The molecule has 2 heterocycles. The number of amides is 1. The molecular formula is C25H27BrN2O2S. The van der Waals surface area contributed by atoms with E-state index in [4.69, 9.17) is 4.74 Å². The predicted molar refractivity (Wildman–Crippen MR) is 134 cm³/mol. The maximum absolute atomic E-state index is 12.4. The van der Waals surface area contributed by atoms with E-state index < -0.39 is 5.60 Å². The van der Waals surface area contributed by atoms with Gasteiger partial charge in [0.1, 0.15) is 5.60 Å². The fraction of sp³-hybridized carbons (Fsp3) is 0.320. The number of aryl methyl sites for hydroxylation is 1. The van der Waals surface area contributed by atoms with Crippen molar-refractivity contribution in [3.05, 3.63) is 57.9 Å². The lowest BCUT2D eigenvalue weighted by molar-refractivity contribution is 0.0285. The summed E-state index contributed by atoms with van der Waals surface area (Å²) in [6.45, 7) is 9.23. The third-order valence-electron chi connectivity index (χ3n) is 5.22. The van der Waals surface area contributed by atoms with E-state index in [-0.39, 0.29) is 6.09 Å². The average Bonchev–Trinajstić information content (AvgIpc) is 3.27. The largest absolute Gasteiger partial charge is 0.444 e. The molecule has 0 saturated carbocycles. The first-order chi connectivity index (χ1) is 14.7. The monoisotopic (exact) mass is 498 g/mol. The third kappa shape index (κ3) is 4.51. The van der Waals surface area contributed by atoms with Crippen LogP contribution >= 0.6 is 27.3 Å². The van der Waals surface area contributed by atoms with Crippen molar-refractivity contribution in [2.75, 3.05) is 7.05 Å². The lowest BCUT2D eigenvalue weighted by atomic mass is 10.1. The first kappa shape index (κ1) is 21.9. The number of thiophene rings is 1. The van der Waals surface area contributed by atoms with E-state index in [1.165, 1.54) is 32.2 Å². The summed E-state index contributed by atoms with van der Waals surface area (Å²) >= 11 is 5.30. The van der Waals surface area contributed by atoms with Crippen molar-refractivity contribution in [1.82, 2.24) is 9.47 Å². The molecule has 4 aromatic rings. The second-order valence-electron chi connectivity index (χ2n) is 8.79. The fourth-order valence-electron chi connectivity index (χ4n) is 3.88. The van der Waals surface area contributed by atoms with Gasteiger partial charge in [-0.2, -0.15) is 0 Å². The molecule has 0 aliphatic rings. The van der Waals surface area contributed by atoms with Gasteiger partial charge in [0.25, 0.3) is 0 Å². The highest BCUT2D eigenvalue weighted by atomic mass is 79.9. The number of hydrogen-bond acceptors (Lipinski definition) is 3. The zero-order valence-corrected chi connectivity index (χ0v) is 20.9. The minimum absolute atomic E-state index is 0.310. The number of nitrogens with zero attached hydrogens (tertiary/aromatic N) is 2. The van der Waals surface area contributed by atoms with Crippen molar-refractivity contribution in [3.63, 3.8) is 0 Å². The van der Waals surface area contributed by atoms with E-state index >= 15 is 0 Å². The molecule has 0 N–H and O–H groups in total. The lowest BCUT2D eigenvalue weighted by Crippen LogP contribution is -2.33. The highest BCUT2D eigenvalue weighted by Gasteiger charge is 2.20. The molecule has 4 nitrogen and oxygen atoms in total. The summed E-state index contributed by atoms with van der Waals surface area (Å²) in [5, 5.41) is 4.56. The molecule has 0 bridgehead atoms. The van der Waals surface area contributed by atoms with Gasteiger partial charge < -0.3 is 14.2 Å². The van der Waals surface area contributed by atoms with E-state index in [9.17, 15) is 4.79 Å².